The van der Waals surface area contributed by atoms with Crippen molar-refractivity contribution in [2.75, 3.05) is 19.8 Å². The van der Waals surface area contributed by atoms with Crippen molar-refractivity contribution in [1.82, 2.24) is 0 Å². The average Bonchev–Trinajstić information content (AvgIpc) is 2.96. The molecule has 6 heteroatoms. The first-order chi connectivity index (χ1) is 12.1. The van der Waals surface area contributed by atoms with Crippen molar-refractivity contribution in [3.63, 3.8) is 0 Å². The topological polar surface area (TPSA) is 78.9 Å². The van der Waals surface area contributed by atoms with Gasteiger partial charge in [-0.05, 0) is 25.8 Å². The molecule has 1 aliphatic carbocycles. The highest BCUT2D eigenvalue weighted by atomic mass is 16.6. The van der Waals surface area contributed by atoms with Crippen LogP contribution in [0.25, 0.3) is 0 Å². The Morgan fingerprint density at radius 1 is 1.16 bits per heavy atom. The number of ether oxygens (including phenoxy) is 3. The van der Waals surface area contributed by atoms with Gasteiger partial charge in [-0.3, -0.25) is 14.4 Å². The maximum absolute atomic E-state index is 13.1. The molecule has 6 nitrogen and oxygen atoms in total. The van der Waals surface area contributed by atoms with Crippen molar-refractivity contribution < 1.29 is 28.6 Å². The summed E-state index contributed by atoms with van der Waals surface area (Å²) in [6.07, 6.45) is -0.191. The molecule has 25 heavy (non-hydrogen) atoms. The van der Waals surface area contributed by atoms with E-state index >= 15 is 0 Å². The largest absolute Gasteiger partial charge is 0.465 e. The molecule has 1 aromatic rings. The van der Waals surface area contributed by atoms with Crippen molar-refractivity contribution in [3.8, 4) is 0 Å². The third kappa shape index (κ3) is 2.65. The van der Waals surface area contributed by atoms with Gasteiger partial charge in [-0.25, -0.2) is 0 Å². The van der Waals surface area contributed by atoms with E-state index in [9.17, 15) is 14.4 Å². The van der Waals surface area contributed by atoms with Crippen LogP contribution >= 0.6 is 0 Å². The monoisotopic (exact) mass is 346 g/mol. The third-order valence-corrected chi connectivity index (χ3v) is 5.08. The Hall–Kier alpha value is -2.21. The third-order valence-electron chi connectivity index (χ3n) is 5.08. The minimum absolute atomic E-state index is 0.132. The van der Waals surface area contributed by atoms with Gasteiger partial charge in [0.05, 0.1) is 30.7 Å². The Balaban J connectivity index is 1.96. The van der Waals surface area contributed by atoms with E-state index in [2.05, 4.69) is 0 Å². The first kappa shape index (κ1) is 17.6. The molecule has 3 rings (SSSR count). The van der Waals surface area contributed by atoms with Crippen molar-refractivity contribution in [3.05, 3.63) is 35.9 Å². The van der Waals surface area contributed by atoms with Crippen LogP contribution in [-0.2, 0) is 28.6 Å². The van der Waals surface area contributed by atoms with Gasteiger partial charge in [0.15, 0.2) is 11.7 Å². The van der Waals surface area contributed by atoms with Crippen LogP contribution < -0.4 is 0 Å². The zero-order chi connectivity index (χ0) is 18.0. The minimum atomic E-state index is -1.27. The minimum Gasteiger partial charge on any atom is -0.465 e. The van der Waals surface area contributed by atoms with Gasteiger partial charge in [-0.2, -0.15) is 0 Å². The molecule has 0 N–H and O–H groups in total. The summed E-state index contributed by atoms with van der Waals surface area (Å²) in [5.74, 6) is -3.30. The van der Waals surface area contributed by atoms with Gasteiger partial charge in [-0.15, -0.1) is 0 Å². The summed E-state index contributed by atoms with van der Waals surface area (Å²) in [6.45, 7) is 3.92. The van der Waals surface area contributed by atoms with Crippen molar-refractivity contribution in [1.29, 1.82) is 0 Å². The molecule has 1 saturated heterocycles. The Bertz CT molecular complexity index is 652. The average molecular weight is 346 g/mol. The highest BCUT2D eigenvalue weighted by molar-refractivity contribution is 6.09. The number of fused-ring (bicyclic) bond motifs is 1. The van der Waals surface area contributed by atoms with E-state index in [-0.39, 0.29) is 19.0 Å². The van der Waals surface area contributed by atoms with Crippen LogP contribution in [0.15, 0.2) is 30.3 Å². The van der Waals surface area contributed by atoms with E-state index in [1.807, 2.05) is 30.3 Å². The molecule has 0 bridgehead atoms. The normalized spacial score (nSPS) is 27.6. The molecule has 134 valence electrons. The predicted molar refractivity (Wildman–Crippen MR) is 87.7 cm³/mol. The second-order valence-corrected chi connectivity index (χ2v) is 6.27. The van der Waals surface area contributed by atoms with E-state index in [1.165, 1.54) is 0 Å². The van der Waals surface area contributed by atoms with E-state index < -0.39 is 35.3 Å². The highest BCUT2D eigenvalue weighted by Gasteiger charge is 2.72. The van der Waals surface area contributed by atoms with Crippen LogP contribution in [0.4, 0.5) is 0 Å². The van der Waals surface area contributed by atoms with Crippen LogP contribution in [0, 0.1) is 11.3 Å². The number of esters is 2. The quantitative estimate of drug-likeness (QED) is 0.578. The number of ketones is 1. The van der Waals surface area contributed by atoms with E-state index in [0.29, 0.717) is 13.0 Å². The molecule has 1 heterocycles. The van der Waals surface area contributed by atoms with Gasteiger partial charge in [0.25, 0.3) is 0 Å². The van der Waals surface area contributed by atoms with Crippen LogP contribution in [0.5, 0.6) is 0 Å². The lowest BCUT2D eigenvalue weighted by molar-refractivity contribution is -0.185. The first-order valence-corrected chi connectivity index (χ1v) is 8.62. The van der Waals surface area contributed by atoms with E-state index in [0.717, 1.165) is 5.56 Å². The van der Waals surface area contributed by atoms with E-state index in [1.54, 1.807) is 13.8 Å². The molecule has 0 radical (unpaired) electrons. The number of Topliss-reactive ketones (excluding diaryl/α,β-unsaturated/α-hetero) is 1. The summed E-state index contributed by atoms with van der Waals surface area (Å²) < 4.78 is 15.9. The summed E-state index contributed by atoms with van der Waals surface area (Å²) in [6, 6.07) is 9.29. The van der Waals surface area contributed by atoms with Gasteiger partial charge in [0.2, 0.25) is 0 Å². The Morgan fingerprint density at radius 2 is 1.76 bits per heavy atom. The molecule has 1 saturated carbocycles. The lowest BCUT2D eigenvalue weighted by Gasteiger charge is -2.50. The maximum Gasteiger partial charge on any atom is 0.321 e. The standard InChI is InChI=1S/C19H22O6/c1-3-23-17(21)14(18(22)24-4-2)19-10-11-25-16(19)13(15(19)20)12-8-6-5-7-9-12/h5-9,13-14,16H,3-4,10-11H2,1-2H3/t13-,16-,19-/m1/s1. The molecule has 0 unspecified atom stereocenters. The fourth-order valence-electron chi connectivity index (χ4n) is 4.04. The summed E-state index contributed by atoms with van der Waals surface area (Å²) >= 11 is 0. The number of rotatable bonds is 6. The van der Waals surface area contributed by atoms with Crippen LogP contribution in [-0.4, -0.2) is 43.6 Å². The number of hydrogen-bond donors (Lipinski definition) is 0. The Kier molecular flexibility index (Phi) is 4.90. The lowest BCUT2D eigenvalue weighted by Crippen LogP contribution is -2.64. The SMILES string of the molecule is CCOC(=O)C(C(=O)OCC)[C@@]12CCO[C@@H]1[C@H](c1ccccc1)C2=O. The molecule has 0 aromatic heterocycles. The van der Waals surface area contributed by atoms with Gasteiger partial charge in [0, 0.05) is 6.61 Å². The van der Waals surface area contributed by atoms with E-state index in [4.69, 9.17) is 14.2 Å². The smallest absolute Gasteiger partial charge is 0.321 e. The van der Waals surface area contributed by atoms with Gasteiger partial charge < -0.3 is 14.2 Å². The van der Waals surface area contributed by atoms with Gasteiger partial charge >= 0.3 is 11.9 Å². The molecule has 2 fully saturated rings. The van der Waals surface area contributed by atoms with Crippen molar-refractivity contribution in [2.24, 2.45) is 11.3 Å². The summed E-state index contributed by atoms with van der Waals surface area (Å²) in [5.41, 5.74) is -0.347. The second kappa shape index (κ2) is 6.96. The number of benzene rings is 1. The van der Waals surface area contributed by atoms with Crippen LogP contribution in [0.3, 0.4) is 0 Å². The molecule has 0 amide bonds. The van der Waals surface area contributed by atoms with Crippen LogP contribution in [0.2, 0.25) is 0 Å². The number of carbonyl (C=O) groups excluding carboxylic acids is 3. The highest BCUT2D eigenvalue weighted by Crippen LogP contribution is 2.59. The molecule has 3 atom stereocenters. The Labute approximate surface area is 146 Å². The molecule has 0 spiro atoms. The molecule has 1 aromatic carbocycles. The van der Waals surface area contributed by atoms with Crippen molar-refractivity contribution in [2.45, 2.75) is 32.3 Å². The fraction of sp³-hybridized carbons (Fsp3) is 0.526. The zero-order valence-electron chi connectivity index (χ0n) is 14.4. The Morgan fingerprint density at radius 3 is 2.32 bits per heavy atom. The van der Waals surface area contributed by atoms with Gasteiger partial charge in [0.1, 0.15) is 0 Å². The van der Waals surface area contributed by atoms with Gasteiger partial charge in [-0.1, -0.05) is 30.3 Å². The second-order valence-electron chi connectivity index (χ2n) is 6.27. The first-order valence-electron chi connectivity index (χ1n) is 8.62. The molecular formula is C19H22O6. The van der Waals surface area contributed by atoms with Crippen molar-refractivity contribution >= 4 is 17.7 Å². The zero-order valence-corrected chi connectivity index (χ0v) is 14.4. The molecule has 2 aliphatic rings. The fourth-order valence-corrected chi connectivity index (χ4v) is 4.04. The predicted octanol–water partition coefficient (Wildman–Crippen LogP) is 1.87. The molecular weight excluding hydrogens is 324 g/mol. The summed E-state index contributed by atoms with van der Waals surface area (Å²) in [7, 11) is 0. The number of carbonyl (C=O) groups is 3. The maximum atomic E-state index is 13.1. The lowest BCUT2D eigenvalue weighted by atomic mass is 9.51. The number of hydrogen-bond acceptors (Lipinski definition) is 6. The summed E-state index contributed by atoms with van der Waals surface area (Å²) in [4.78, 5) is 38.1. The van der Waals surface area contributed by atoms with Crippen LogP contribution in [0.1, 0.15) is 31.7 Å². The summed E-state index contributed by atoms with van der Waals surface area (Å²) in [5, 5.41) is 0. The molecule has 1 aliphatic heterocycles.